The van der Waals surface area contributed by atoms with E-state index in [4.69, 9.17) is 15.2 Å². The lowest BCUT2D eigenvalue weighted by Crippen LogP contribution is -2.44. The quantitative estimate of drug-likeness (QED) is 0.133. The molecule has 1 heterocycles. The Morgan fingerprint density at radius 2 is 1.84 bits per heavy atom. The second kappa shape index (κ2) is 17.2. The minimum absolute atomic E-state index is 0.372. The first-order chi connectivity index (χ1) is 15.1. The third-order valence-electron chi connectivity index (χ3n) is 4.98. The van der Waals surface area contributed by atoms with Crippen LogP contribution >= 0.6 is 0 Å². The molecule has 11 heteroatoms. The van der Waals surface area contributed by atoms with E-state index >= 15 is 0 Å². The number of hydroxylamine groups is 1. The van der Waals surface area contributed by atoms with Gasteiger partial charge in [-0.15, -0.1) is 0 Å². The standard InChI is InChI=1S/C20H33N3O5S.H3NO/c24-20(25)19(5-3-1-2-4-10-22-26)29(27)18-8-6-17(7-9-18)28-16-15-23-13-11-21-12-14-23;1-2/h6-9,19,21-22,26H,1-5,10-16H2,(H,24,25);2H,1H2. The summed E-state index contributed by atoms with van der Waals surface area (Å²) in [6, 6.07) is 6.90. The van der Waals surface area contributed by atoms with Crippen molar-refractivity contribution in [2.75, 3.05) is 45.9 Å². The van der Waals surface area contributed by atoms with E-state index in [-0.39, 0.29) is 0 Å². The third kappa shape index (κ3) is 11.1. The maximum absolute atomic E-state index is 12.7. The van der Waals surface area contributed by atoms with Gasteiger partial charge in [-0.3, -0.25) is 4.90 Å². The average Bonchev–Trinajstić information content (AvgIpc) is 2.80. The number of carbonyl (C=O) groups is 1. The topological polar surface area (TPSA) is 163 Å². The molecule has 2 atom stereocenters. The molecule has 0 aliphatic carbocycles. The second-order valence-corrected chi connectivity index (χ2v) is 8.78. The second-order valence-electron chi connectivity index (χ2n) is 7.15. The van der Waals surface area contributed by atoms with Crippen LogP contribution in [0.1, 0.15) is 32.1 Å². The first-order valence-electron chi connectivity index (χ1n) is 10.5. The van der Waals surface area contributed by atoms with Crippen molar-refractivity contribution in [1.29, 1.82) is 0 Å². The van der Waals surface area contributed by atoms with Crippen LogP contribution in [0.4, 0.5) is 0 Å². The number of benzene rings is 1. The highest BCUT2D eigenvalue weighted by Gasteiger charge is 2.31. The third-order valence-corrected chi connectivity index (χ3v) is 6.67. The summed E-state index contributed by atoms with van der Waals surface area (Å²) >= 11 is -1.60. The molecule has 10 nitrogen and oxygen atoms in total. The molecule has 1 fully saturated rings. The minimum atomic E-state index is -1.60. The largest absolute Gasteiger partial charge is 0.611 e. The van der Waals surface area contributed by atoms with E-state index in [2.05, 4.69) is 21.6 Å². The monoisotopic (exact) mass is 460 g/mol. The van der Waals surface area contributed by atoms with Crippen molar-refractivity contribution in [3.8, 4) is 5.75 Å². The zero-order valence-electron chi connectivity index (χ0n) is 17.9. The number of nitrogens with zero attached hydrogens (tertiary/aromatic N) is 1. The molecular weight excluding hydrogens is 424 g/mol. The summed E-state index contributed by atoms with van der Waals surface area (Å²) in [5.74, 6) is 3.17. The maximum Gasteiger partial charge on any atom is 0.357 e. The molecular formula is C20H36N4O6S. The SMILES string of the molecule is NO.O=C(O)C(CCCCCCNO)[S+]([O-])c1ccc(OCCN2CCNCC2)cc1. The van der Waals surface area contributed by atoms with E-state index in [1.165, 1.54) is 0 Å². The molecule has 0 amide bonds. The van der Waals surface area contributed by atoms with Gasteiger partial charge < -0.3 is 30.1 Å². The summed E-state index contributed by atoms with van der Waals surface area (Å²) in [6.45, 7) is 6.04. The van der Waals surface area contributed by atoms with Gasteiger partial charge in [0.2, 0.25) is 5.25 Å². The van der Waals surface area contributed by atoms with Gasteiger partial charge in [0.1, 0.15) is 12.4 Å². The molecule has 1 aliphatic rings. The Morgan fingerprint density at radius 3 is 2.45 bits per heavy atom. The van der Waals surface area contributed by atoms with Gasteiger partial charge in [-0.2, -0.15) is 0 Å². The van der Waals surface area contributed by atoms with Crippen LogP contribution in [-0.2, 0) is 16.0 Å². The highest BCUT2D eigenvalue weighted by atomic mass is 32.2. The number of hydrogen-bond acceptors (Lipinski definition) is 9. The first-order valence-corrected chi connectivity index (χ1v) is 11.7. The molecule has 0 radical (unpaired) electrons. The molecule has 178 valence electrons. The fourth-order valence-electron chi connectivity index (χ4n) is 3.27. The Bertz CT molecular complexity index is 590. The van der Waals surface area contributed by atoms with Gasteiger partial charge in [0.05, 0.1) is 0 Å². The molecule has 31 heavy (non-hydrogen) atoms. The van der Waals surface area contributed by atoms with Crippen molar-refractivity contribution in [2.24, 2.45) is 5.90 Å². The lowest BCUT2D eigenvalue weighted by atomic mass is 10.1. The van der Waals surface area contributed by atoms with Crippen LogP contribution in [0.5, 0.6) is 5.75 Å². The van der Waals surface area contributed by atoms with Crippen LogP contribution in [-0.4, -0.2) is 82.1 Å². The molecule has 1 saturated heterocycles. The van der Waals surface area contributed by atoms with E-state index in [0.717, 1.165) is 52.0 Å². The van der Waals surface area contributed by atoms with Gasteiger partial charge in [0.15, 0.2) is 4.90 Å². The van der Waals surface area contributed by atoms with Crippen molar-refractivity contribution >= 4 is 17.1 Å². The van der Waals surface area contributed by atoms with Gasteiger partial charge in [0, 0.05) is 45.7 Å². The zero-order valence-corrected chi connectivity index (χ0v) is 18.7. The lowest BCUT2D eigenvalue weighted by Gasteiger charge is -2.26. The van der Waals surface area contributed by atoms with Crippen LogP contribution in [0.3, 0.4) is 0 Å². The van der Waals surface area contributed by atoms with Crippen LogP contribution in [0.25, 0.3) is 0 Å². The number of rotatable bonds is 14. The minimum Gasteiger partial charge on any atom is -0.611 e. The number of piperazine rings is 1. The van der Waals surface area contributed by atoms with E-state index < -0.39 is 22.4 Å². The van der Waals surface area contributed by atoms with Gasteiger partial charge in [0.25, 0.3) is 0 Å². The molecule has 1 aliphatic heterocycles. The number of hydrogen-bond donors (Lipinski definition) is 6. The highest BCUT2D eigenvalue weighted by Crippen LogP contribution is 2.23. The molecule has 0 aromatic heterocycles. The molecule has 0 saturated carbocycles. The summed E-state index contributed by atoms with van der Waals surface area (Å²) in [7, 11) is 0. The molecule has 0 spiro atoms. The van der Waals surface area contributed by atoms with Gasteiger partial charge >= 0.3 is 5.97 Å². The van der Waals surface area contributed by atoms with Crippen LogP contribution in [0, 0.1) is 0 Å². The van der Waals surface area contributed by atoms with Gasteiger partial charge in [-0.1, -0.05) is 12.8 Å². The highest BCUT2D eigenvalue weighted by molar-refractivity contribution is 7.92. The number of nitrogens with two attached hydrogens (primary N) is 1. The number of nitrogens with one attached hydrogen (secondary N) is 2. The summed E-state index contributed by atoms with van der Waals surface area (Å²) < 4.78 is 18.5. The number of aliphatic carboxylic acids is 1. The number of carboxylic acids is 1. The Morgan fingerprint density at radius 1 is 1.19 bits per heavy atom. The zero-order chi connectivity index (χ0) is 22.9. The lowest BCUT2D eigenvalue weighted by molar-refractivity contribution is -0.136. The summed E-state index contributed by atoms with van der Waals surface area (Å²) in [4.78, 5) is 14.4. The summed E-state index contributed by atoms with van der Waals surface area (Å²) in [5.41, 5.74) is 2.10. The average molecular weight is 461 g/mol. The van der Waals surface area contributed by atoms with E-state index in [1.54, 1.807) is 24.3 Å². The van der Waals surface area contributed by atoms with E-state index in [1.807, 2.05) is 0 Å². The summed E-state index contributed by atoms with van der Waals surface area (Å²) in [6.07, 6.45) is 3.64. The Kier molecular flexibility index (Phi) is 15.3. The number of carboxylic acid groups (broad SMARTS) is 1. The molecule has 1 aromatic rings. The van der Waals surface area contributed by atoms with Crippen molar-refractivity contribution in [2.45, 2.75) is 42.2 Å². The maximum atomic E-state index is 12.7. The Labute approximate surface area is 186 Å². The van der Waals surface area contributed by atoms with Gasteiger partial charge in [-0.05, 0) is 48.3 Å². The fourth-order valence-corrected chi connectivity index (χ4v) is 4.57. The predicted molar refractivity (Wildman–Crippen MR) is 118 cm³/mol. The smallest absolute Gasteiger partial charge is 0.357 e. The molecule has 1 aromatic carbocycles. The van der Waals surface area contributed by atoms with Crippen LogP contribution in [0.2, 0.25) is 0 Å². The molecule has 0 bridgehead atoms. The number of ether oxygens (including phenoxy) is 1. The molecule has 2 rings (SSSR count). The predicted octanol–water partition coefficient (Wildman–Crippen LogP) is 0.795. The Balaban J connectivity index is 0.00000233. The van der Waals surface area contributed by atoms with Crippen LogP contribution in [0.15, 0.2) is 29.2 Å². The van der Waals surface area contributed by atoms with Crippen molar-refractivity contribution in [3.63, 3.8) is 0 Å². The van der Waals surface area contributed by atoms with Crippen LogP contribution < -0.4 is 21.4 Å². The number of unbranched alkanes of at least 4 members (excludes halogenated alkanes) is 3. The van der Waals surface area contributed by atoms with Gasteiger partial charge in [-0.25, -0.2) is 16.2 Å². The summed E-state index contributed by atoms with van der Waals surface area (Å²) in [5, 5.41) is 26.9. The molecule has 7 N–H and O–H groups in total. The van der Waals surface area contributed by atoms with Crippen molar-refractivity contribution in [1.82, 2.24) is 15.7 Å². The van der Waals surface area contributed by atoms with E-state index in [0.29, 0.717) is 36.6 Å². The normalized spacial score (nSPS) is 16.1. The Hall–Kier alpha value is -1.44. The van der Waals surface area contributed by atoms with Crippen molar-refractivity contribution in [3.05, 3.63) is 24.3 Å². The molecule has 2 unspecified atom stereocenters. The van der Waals surface area contributed by atoms with Crippen molar-refractivity contribution < 1.29 is 29.6 Å². The first kappa shape index (κ1) is 27.6. The fraction of sp³-hybridized carbons (Fsp3) is 0.650. The van der Waals surface area contributed by atoms with E-state index in [9.17, 15) is 14.5 Å².